The normalized spacial score (nSPS) is 34.9. The van der Waals surface area contributed by atoms with Crippen LogP contribution in [0, 0.1) is 29.0 Å². The Balaban J connectivity index is 1.75. The molecule has 3 nitrogen and oxygen atoms in total. The molecule has 1 aromatic rings. The van der Waals surface area contributed by atoms with Gasteiger partial charge < -0.3 is 5.11 Å². The zero-order chi connectivity index (χ0) is 14.5. The highest BCUT2D eigenvalue weighted by molar-refractivity contribution is 5.99. The second-order valence-corrected chi connectivity index (χ2v) is 5.94. The van der Waals surface area contributed by atoms with Gasteiger partial charge in [-0.1, -0.05) is 19.1 Å². The Labute approximate surface area is 116 Å². The molecule has 106 valence electrons. The van der Waals surface area contributed by atoms with Crippen LogP contribution in [-0.4, -0.2) is 16.9 Å². The second kappa shape index (κ2) is 4.40. The van der Waals surface area contributed by atoms with Gasteiger partial charge >= 0.3 is 5.97 Å². The minimum absolute atomic E-state index is 0.00273. The number of benzene rings is 1. The number of carboxylic acid groups (broad SMARTS) is 1. The molecule has 4 unspecified atom stereocenters. The Bertz CT molecular complexity index is 566. The first-order chi connectivity index (χ1) is 9.50. The number of hydrogen-bond donors (Lipinski definition) is 1. The second-order valence-electron chi connectivity index (χ2n) is 5.94. The van der Waals surface area contributed by atoms with Crippen LogP contribution in [-0.2, 0) is 16.0 Å². The third-order valence-electron chi connectivity index (χ3n) is 5.12. The highest BCUT2D eigenvalue weighted by Gasteiger charge is 2.75. The number of ketones is 1. The SMILES string of the molecule is CCC12C(=O)C(Cc3ccc(F)cc3)CC1C2C(=O)O. The number of carbonyl (C=O) groups excluding carboxylic acids is 1. The van der Waals surface area contributed by atoms with Gasteiger partial charge in [0.15, 0.2) is 0 Å². The van der Waals surface area contributed by atoms with E-state index in [1.807, 2.05) is 6.92 Å². The van der Waals surface area contributed by atoms with E-state index in [0.717, 1.165) is 5.56 Å². The fourth-order valence-electron chi connectivity index (χ4n) is 4.12. The van der Waals surface area contributed by atoms with Gasteiger partial charge in [-0.05, 0) is 42.9 Å². The van der Waals surface area contributed by atoms with Crippen LogP contribution in [0.15, 0.2) is 24.3 Å². The summed E-state index contributed by atoms with van der Waals surface area (Å²) in [4.78, 5) is 23.7. The lowest BCUT2D eigenvalue weighted by Gasteiger charge is -2.16. The third kappa shape index (κ3) is 1.70. The van der Waals surface area contributed by atoms with Crippen molar-refractivity contribution >= 4 is 11.8 Å². The molecule has 2 aliphatic carbocycles. The Morgan fingerprint density at radius 3 is 2.55 bits per heavy atom. The summed E-state index contributed by atoms with van der Waals surface area (Å²) in [5.41, 5.74) is 0.320. The van der Waals surface area contributed by atoms with Crippen LogP contribution < -0.4 is 0 Å². The molecule has 1 aromatic carbocycles. The minimum Gasteiger partial charge on any atom is -0.481 e. The lowest BCUT2D eigenvalue weighted by atomic mass is 9.86. The lowest BCUT2D eigenvalue weighted by molar-refractivity contribution is -0.142. The summed E-state index contributed by atoms with van der Waals surface area (Å²) in [5, 5.41) is 9.19. The molecular formula is C16H17FO3. The van der Waals surface area contributed by atoms with Crippen LogP contribution in [0.4, 0.5) is 4.39 Å². The van der Waals surface area contributed by atoms with Crippen LogP contribution in [0.1, 0.15) is 25.3 Å². The van der Waals surface area contributed by atoms with E-state index in [2.05, 4.69) is 0 Å². The Morgan fingerprint density at radius 2 is 2.05 bits per heavy atom. The van der Waals surface area contributed by atoms with E-state index in [9.17, 15) is 19.1 Å². The molecule has 2 aliphatic rings. The molecule has 0 spiro atoms. The predicted molar refractivity (Wildman–Crippen MR) is 70.6 cm³/mol. The molecule has 0 aromatic heterocycles. The first kappa shape index (κ1) is 13.3. The summed E-state index contributed by atoms with van der Waals surface area (Å²) < 4.78 is 12.9. The van der Waals surface area contributed by atoms with Crippen LogP contribution in [0.2, 0.25) is 0 Å². The summed E-state index contributed by atoms with van der Waals surface area (Å²) >= 11 is 0. The topological polar surface area (TPSA) is 54.4 Å². The number of halogens is 1. The molecule has 0 bridgehead atoms. The number of fused-ring (bicyclic) bond motifs is 1. The average Bonchev–Trinajstić information content (AvgIpc) is 3.00. The van der Waals surface area contributed by atoms with Crippen molar-refractivity contribution in [1.82, 2.24) is 0 Å². The van der Waals surface area contributed by atoms with Crippen molar-refractivity contribution in [2.45, 2.75) is 26.2 Å². The number of carboxylic acids is 1. The van der Waals surface area contributed by atoms with E-state index in [1.54, 1.807) is 12.1 Å². The van der Waals surface area contributed by atoms with E-state index in [4.69, 9.17) is 0 Å². The summed E-state index contributed by atoms with van der Waals surface area (Å²) in [7, 11) is 0. The molecule has 0 amide bonds. The van der Waals surface area contributed by atoms with Gasteiger partial charge in [0.1, 0.15) is 11.6 Å². The van der Waals surface area contributed by atoms with Crippen molar-refractivity contribution < 1.29 is 19.1 Å². The molecule has 2 fully saturated rings. The largest absolute Gasteiger partial charge is 0.481 e. The van der Waals surface area contributed by atoms with Gasteiger partial charge in [0.2, 0.25) is 0 Å². The summed E-state index contributed by atoms with van der Waals surface area (Å²) in [6.45, 7) is 1.90. The molecule has 4 heteroatoms. The van der Waals surface area contributed by atoms with Gasteiger partial charge in [-0.25, -0.2) is 4.39 Å². The van der Waals surface area contributed by atoms with Crippen LogP contribution in [0.3, 0.4) is 0 Å². The van der Waals surface area contributed by atoms with E-state index >= 15 is 0 Å². The maximum atomic E-state index is 12.9. The zero-order valence-electron chi connectivity index (χ0n) is 11.3. The van der Waals surface area contributed by atoms with Crippen molar-refractivity contribution in [1.29, 1.82) is 0 Å². The van der Waals surface area contributed by atoms with E-state index in [-0.39, 0.29) is 23.4 Å². The Kier molecular flexibility index (Phi) is 2.92. The van der Waals surface area contributed by atoms with Crippen LogP contribution >= 0.6 is 0 Å². The predicted octanol–water partition coefficient (Wildman–Crippen LogP) is 2.68. The first-order valence-corrected chi connectivity index (χ1v) is 7.02. The molecule has 0 radical (unpaired) electrons. The van der Waals surface area contributed by atoms with Crippen LogP contribution in [0.25, 0.3) is 0 Å². The fourth-order valence-corrected chi connectivity index (χ4v) is 4.12. The minimum atomic E-state index is -0.842. The highest BCUT2D eigenvalue weighted by atomic mass is 19.1. The number of Topliss-reactive ketones (excluding diaryl/α,β-unsaturated/α-hetero) is 1. The summed E-state index contributed by atoms with van der Waals surface area (Å²) in [6, 6.07) is 6.18. The monoisotopic (exact) mass is 276 g/mol. The number of rotatable bonds is 4. The van der Waals surface area contributed by atoms with Crippen molar-refractivity contribution in [3.63, 3.8) is 0 Å². The quantitative estimate of drug-likeness (QED) is 0.920. The number of aliphatic carboxylic acids is 1. The van der Waals surface area contributed by atoms with Crippen molar-refractivity contribution in [3.05, 3.63) is 35.6 Å². The van der Waals surface area contributed by atoms with Gasteiger partial charge in [-0.3, -0.25) is 9.59 Å². The van der Waals surface area contributed by atoms with Gasteiger partial charge in [-0.15, -0.1) is 0 Å². The third-order valence-corrected chi connectivity index (χ3v) is 5.12. The summed E-state index contributed by atoms with van der Waals surface area (Å²) in [5.74, 6) is -1.62. The van der Waals surface area contributed by atoms with Gasteiger partial charge in [0.25, 0.3) is 0 Å². The molecule has 20 heavy (non-hydrogen) atoms. The molecule has 4 atom stereocenters. The molecule has 0 saturated heterocycles. The molecule has 3 rings (SSSR count). The molecule has 2 saturated carbocycles. The average molecular weight is 276 g/mol. The van der Waals surface area contributed by atoms with Crippen LogP contribution in [0.5, 0.6) is 0 Å². The maximum Gasteiger partial charge on any atom is 0.307 e. The Hall–Kier alpha value is -1.71. The smallest absolute Gasteiger partial charge is 0.307 e. The molecule has 0 aliphatic heterocycles. The van der Waals surface area contributed by atoms with Gasteiger partial charge in [0.05, 0.1) is 5.92 Å². The molecular weight excluding hydrogens is 259 g/mol. The molecule has 1 N–H and O–H groups in total. The van der Waals surface area contributed by atoms with E-state index in [0.29, 0.717) is 19.3 Å². The van der Waals surface area contributed by atoms with Crippen molar-refractivity contribution in [3.8, 4) is 0 Å². The van der Waals surface area contributed by atoms with Gasteiger partial charge in [0, 0.05) is 11.3 Å². The van der Waals surface area contributed by atoms with Gasteiger partial charge in [-0.2, -0.15) is 0 Å². The zero-order valence-corrected chi connectivity index (χ0v) is 11.3. The lowest BCUT2D eigenvalue weighted by Crippen LogP contribution is -2.26. The van der Waals surface area contributed by atoms with E-state index in [1.165, 1.54) is 12.1 Å². The van der Waals surface area contributed by atoms with Crippen molar-refractivity contribution in [2.24, 2.45) is 23.2 Å². The Morgan fingerprint density at radius 1 is 1.40 bits per heavy atom. The van der Waals surface area contributed by atoms with E-state index < -0.39 is 17.3 Å². The summed E-state index contributed by atoms with van der Waals surface area (Å²) in [6.07, 6.45) is 1.85. The number of carbonyl (C=O) groups is 2. The number of hydrogen-bond acceptors (Lipinski definition) is 2. The molecule has 0 heterocycles. The maximum absolute atomic E-state index is 12.9. The van der Waals surface area contributed by atoms with Crippen molar-refractivity contribution in [2.75, 3.05) is 0 Å². The highest BCUT2D eigenvalue weighted by Crippen LogP contribution is 2.69. The fraction of sp³-hybridized carbons (Fsp3) is 0.500. The standard InChI is InChI=1S/C16H17FO3/c1-2-16-12(13(16)15(19)20)8-10(14(16)18)7-9-3-5-11(17)6-4-9/h3-6,10,12-13H,2,7-8H2,1H3,(H,19,20). The first-order valence-electron chi connectivity index (χ1n) is 7.02.